The number of para-hydroxylation sites is 2. The zero-order valence-corrected chi connectivity index (χ0v) is 16.6. The number of hydrogen-bond acceptors (Lipinski definition) is 3. The number of halogens is 1. The first-order chi connectivity index (χ1) is 14.5. The quantitative estimate of drug-likeness (QED) is 0.435. The van der Waals surface area contributed by atoms with E-state index in [4.69, 9.17) is 4.99 Å². The Bertz CT molecular complexity index is 1330. The van der Waals surface area contributed by atoms with Gasteiger partial charge in [-0.3, -0.25) is 14.7 Å². The first-order valence-electron chi connectivity index (χ1n) is 9.67. The van der Waals surface area contributed by atoms with Crippen LogP contribution in [0.5, 0.6) is 0 Å². The van der Waals surface area contributed by atoms with Crippen LogP contribution in [0, 0.1) is 19.7 Å². The van der Waals surface area contributed by atoms with Crippen LogP contribution >= 0.6 is 0 Å². The number of aryl methyl sites for hydroxylation is 2. The number of carbonyl (C=O) groups excluding carboxylic acids is 1. The molecule has 3 aromatic carbocycles. The minimum atomic E-state index is -0.409. The smallest absolute Gasteiger partial charge is 0.264 e. The number of rotatable bonds is 2. The third kappa shape index (κ3) is 2.78. The van der Waals surface area contributed by atoms with E-state index in [0.717, 1.165) is 22.2 Å². The lowest BCUT2D eigenvalue weighted by Crippen LogP contribution is -2.30. The van der Waals surface area contributed by atoms with Crippen LogP contribution in [0.4, 0.5) is 15.8 Å². The Balaban J connectivity index is 1.81. The highest BCUT2D eigenvalue weighted by Gasteiger charge is 2.36. The molecule has 0 saturated carbocycles. The summed E-state index contributed by atoms with van der Waals surface area (Å²) in [5, 5.41) is 0.913. The summed E-state index contributed by atoms with van der Waals surface area (Å²) in [6, 6.07) is 19.6. The minimum Gasteiger partial charge on any atom is -0.268 e. The number of aliphatic imine (C=N–C) groups is 1. The molecule has 0 atom stereocenters. The molecule has 0 N–H and O–H groups in total. The fourth-order valence-electron chi connectivity index (χ4n) is 3.92. The van der Waals surface area contributed by atoms with Gasteiger partial charge in [0.2, 0.25) is 0 Å². The Morgan fingerprint density at radius 2 is 1.63 bits per heavy atom. The van der Waals surface area contributed by atoms with Crippen molar-refractivity contribution in [2.75, 3.05) is 4.90 Å². The van der Waals surface area contributed by atoms with Gasteiger partial charge in [0.05, 0.1) is 22.5 Å². The van der Waals surface area contributed by atoms with Crippen molar-refractivity contribution in [2.24, 2.45) is 4.99 Å². The number of anilines is 1. The van der Waals surface area contributed by atoms with E-state index < -0.39 is 5.82 Å². The molecular weight excluding hydrogens is 377 g/mol. The number of hydrogen-bond donors (Lipinski definition) is 0. The number of carbonyl (C=O) groups is 1. The molecule has 0 unspecified atom stereocenters. The summed E-state index contributed by atoms with van der Waals surface area (Å²) in [6.07, 6.45) is 1.70. The number of nitrogens with zero attached hydrogens (tertiary/aromatic N) is 3. The maximum atomic E-state index is 14.1. The molecule has 1 aliphatic rings. The predicted molar refractivity (Wildman–Crippen MR) is 117 cm³/mol. The zero-order chi connectivity index (χ0) is 20.8. The number of pyridine rings is 1. The molecule has 0 aliphatic carbocycles. The zero-order valence-electron chi connectivity index (χ0n) is 16.6. The second kappa shape index (κ2) is 6.88. The average molecular weight is 395 g/mol. The highest BCUT2D eigenvalue weighted by atomic mass is 19.1. The minimum absolute atomic E-state index is 0.242. The lowest BCUT2D eigenvalue weighted by molar-refractivity contribution is 0.101. The molecule has 0 saturated heterocycles. The van der Waals surface area contributed by atoms with Gasteiger partial charge in [-0.25, -0.2) is 9.38 Å². The Labute approximate surface area is 173 Å². The van der Waals surface area contributed by atoms with Crippen LogP contribution in [0.15, 0.2) is 77.9 Å². The van der Waals surface area contributed by atoms with Crippen LogP contribution in [0.3, 0.4) is 0 Å². The van der Waals surface area contributed by atoms with Crippen molar-refractivity contribution < 1.29 is 9.18 Å². The first-order valence-corrected chi connectivity index (χ1v) is 9.67. The molecule has 4 aromatic rings. The van der Waals surface area contributed by atoms with E-state index in [0.29, 0.717) is 28.2 Å². The van der Waals surface area contributed by atoms with Crippen LogP contribution in [-0.2, 0) is 0 Å². The molecule has 0 bridgehead atoms. The van der Waals surface area contributed by atoms with Gasteiger partial charge in [0, 0.05) is 17.1 Å². The van der Waals surface area contributed by atoms with E-state index in [1.165, 1.54) is 18.2 Å². The van der Waals surface area contributed by atoms with Crippen LogP contribution in [0.1, 0.15) is 27.0 Å². The van der Waals surface area contributed by atoms with E-state index in [-0.39, 0.29) is 5.91 Å². The largest absolute Gasteiger partial charge is 0.268 e. The molecule has 5 heteroatoms. The predicted octanol–water partition coefficient (Wildman–Crippen LogP) is 5.73. The normalized spacial score (nSPS) is 14.6. The summed E-state index contributed by atoms with van der Waals surface area (Å²) in [6.45, 7) is 3.94. The van der Waals surface area contributed by atoms with Crippen molar-refractivity contribution in [1.82, 2.24) is 4.98 Å². The maximum absolute atomic E-state index is 14.1. The van der Waals surface area contributed by atoms with Crippen LogP contribution in [0.25, 0.3) is 10.9 Å². The molecule has 5 rings (SSSR count). The lowest BCUT2D eigenvalue weighted by atomic mass is 10.1. The summed E-state index contributed by atoms with van der Waals surface area (Å²) in [5.41, 5.74) is 4.96. The second-order valence-electron chi connectivity index (χ2n) is 7.36. The van der Waals surface area contributed by atoms with Crippen molar-refractivity contribution in [3.63, 3.8) is 0 Å². The SMILES string of the molecule is Cc1cccc(C)c1N=C1c2cc(F)ccc2C(=O)N1c1cccc2cccnc12. The molecule has 0 radical (unpaired) electrons. The van der Waals surface area contributed by atoms with Gasteiger partial charge in [0.15, 0.2) is 0 Å². The second-order valence-corrected chi connectivity index (χ2v) is 7.36. The third-order valence-corrected chi connectivity index (χ3v) is 5.38. The summed E-state index contributed by atoms with van der Waals surface area (Å²) in [4.78, 5) is 24.3. The molecular formula is C25H18FN3O. The summed E-state index contributed by atoms with van der Waals surface area (Å²) in [5.74, 6) is -0.244. The molecule has 0 fully saturated rings. The van der Waals surface area contributed by atoms with Crippen molar-refractivity contribution in [2.45, 2.75) is 13.8 Å². The monoisotopic (exact) mass is 395 g/mol. The highest BCUT2D eigenvalue weighted by molar-refractivity contribution is 6.37. The summed E-state index contributed by atoms with van der Waals surface area (Å²) in [7, 11) is 0. The third-order valence-electron chi connectivity index (χ3n) is 5.38. The fourth-order valence-corrected chi connectivity index (χ4v) is 3.92. The van der Waals surface area contributed by atoms with Gasteiger partial charge in [0.1, 0.15) is 11.7 Å². The Hall–Kier alpha value is -3.86. The Morgan fingerprint density at radius 3 is 2.43 bits per heavy atom. The van der Waals surface area contributed by atoms with Gasteiger partial charge in [-0.05, 0) is 55.3 Å². The fraction of sp³-hybridized carbons (Fsp3) is 0.0800. The lowest BCUT2D eigenvalue weighted by Gasteiger charge is -2.19. The van der Waals surface area contributed by atoms with Gasteiger partial charge < -0.3 is 0 Å². The van der Waals surface area contributed by atoms with E-state index >= 15 is 0 Å². The van der Waals surface area contributed by atoms with Gasteiger partial charge >= 0.3 is 0 Å². The standard InChI is InChI=1S/C25H18FN3O/c1-15-6-3-7-16(2)22(15)28-24-20-14-18(26)11-12-19(20)25(30)29(24)21-10-4-8-17-9-5-13-27-23(17)21/h3-14H,1-2H3. The Kier molecular flexibility index (Phi) is 4.17. The molecule has 1 amide bonds. The summed E-state index contributed by atoms with van der Waals surface area (Å²) < 4.78 is 14.1. The van der Waals surface area contributed by atoms with Crippen LogP contribution in [0.2, 0.25) is 0 Å². The van der Waals surface area contributed by atoms with Crippen molar-refractivity contribution in [1.29, 1.82) is 0 Å². The van der Waals surface area contributed by atoms with Gasteiger partial charge in [-0.2, -0.15) is 0 Å². The number of benzene rings is 3. The van der Waals surface area contributed by atoms with E-state index in [9.17, 15) is 9.18 Å². The molecule has 4 nitrogen and oxygen atoms in total. The number of amidine groups is 1. The molecule has 1 aromatic heterocycles. The van der Waals surface area contributed by atoms with Crippen molar-refractivity contribution in [3.8, 4) is 0 Å². The molecule has 146 valence electrons. The Morgan fingerprint density at radius 1 is 0.900 bits per heavy atom. The van der Waals surface area contributed by atoms with Gasteiger partial charge in [-0.15, -0.1) is 0 Å². The number of aromatic nitrogens is 1. The summed E-state index contributed by atoms with van der Waals surface area (Å²) >= 11 is 0. The van der Waals surface area contributed by atoms with Crippen molar-refractivity contribution in [3.05, 3.63) is 101 Å². The van der Waals surface area contributed by atoms with Crippen molar-refractivity contribution >= 4 is 34.0 Å². The first kappa shape index (κ1) is 18.2. The molecule has 0 spiro atoms. The van der Waals surface area contributed by atoms with Crippen LogP contribution < -0.4 is 4.90 Å². The highest BCUT2D eigenvalue weighted by Crippen LogP contribution is 2.35. The molecule has 1 aliphatic heterocycles. The van der Waals surface area contributed by atoms with E-state index in [1.54, 1.807) is 11.1 Å². The van der Waals surface area contributed by atoms with Gasteiger partial charge in [-0.1, -0.05) is 36.4 Å². The number of amides is 1. The topological polar surface area (TPSA) is 45.6 Å². The number of fused-ring (bicyclic) bond motifs is 2. The molecule has 2 heterocycles. The van der Waals surface area contributed by atoms with E-state index in [1.807, 2.05) is 62.4 Å². The van der Waals surface area contributed by atoms with Gasteiger partial charge in [0.25, 0.3) is 5.91 Å². The molecule has 30 heavy (non-hydrogen) atoms. The van der Waals surface area contributed by atoms with Crippen LogP contribution in [-0.4, -0.2) is 16.7 Å². The average Bonchev–Trinajstić information content (AvgIpc) is 3.01. The van der Waals surface area contributed by atoms with E-state index in [2.05, 4.69) is 4.98 Å². The maximum Gasteiger partial charge on any atom is 0.264 e.